The Hall–Kier alpha value is -2.25. The summed E-state index contributed by atoms with van der Waals surface area (Å²) in [6.07, 6.45) is 5.40. The molecular formula is C24H34N6O. The molecule has 0 unspecified atom stereocenters. The first-order valence-corrected chi connectivity index (χ1v) is 11.8. The Morgan fingerprint density at radius 1 is 1.03 bits per heavy atom. The van der Waals surface area contributed by atoms with Crippen LogP contribution in [0.15, 0.2) is 30.3 Å². The lowest BCUT2D eigenvalue weighted by Gasteiger charge is -2.49. The van der Waals surface area contributed by atoms with Gasteiger partial charge in [0.2, 0.25) is 5.82 Å². The number of likely N-dealkylation sites (tertiary alicyclic amines) is 2. The topological polar surface area (TPSA) is 57.5 Å². The molecule has 1 aromatic heterocycles. The van der Waals surface area contributed by atoms with Crippen molar-refractivity contribution in [3.63, 3.8) is 0 Å². The van der Waals surface area contributed by atoms with Gasteiger partial charge in [0, 0.05) is 45.3 Å². The zero-order valence-corrected chi connectivity index (χ0v) is 18.8. The van der Waals surface area contributed by atoms with Crippen molar-refractivity contribution in [2.75, 3.05) is 33.2 Å². The molecule has 166 valence electrons. The first-order valence-electron chi connectivity index (χ1n) is 11.8. The molecule has 2 fully saturated rings. The Bertz CT molecular complexity index is 917. The molecule has 1 amide bonds. The van der Waals surface area contributed by atoms with Crippen LogP contribution in [0, 0.1) is 0 Å². The number of amides is 1. The largest absolute Gasteiger partial charge is 0.333 e. The molecule has 1 atom stereocenters. The Balaban J connectivity index is 1.36. The van der Waals surface area contributed by atoms with E-state index in [2.05, 4.69) is 68.9 Å². The molecule has 1 spiro atoms. The molecule has 0 aliphatic carbocycles. The predicted octanol–water partition coefficient (Wildman–Crippen LogP) is 2.73. The summed E-state index contributed by atoms with van der Waals surface area (Å²) in [5.74, 6) is 1.60. The molecule has 0 radical (unpaired) electrons. The van der Waals surface area contributed by atoms with Gasteiger partial charge in [-0.2, -0.15) is 0 Å². The van der Waals surface area contributed by atoms with Crippen molar-refractivity contribution in [2.45, 2.75) is 63.7 Å². The highest BCUT2D eigenvalue weighted by Gasteiger charge is 2.47. The van der Waals surface area contributed by atoms with Gasteiger partial charge in [-0.1, -0.05) is 30.3 Å². The number of carbonyl (C=O) groups excluding carboxylic acids is 1. The number of likely N-dealkylation sites (N-methyl/N-ethyl adjacent to an activating group) is 1. The van der Waals surface area contributed by atoms with Gasteiger partial charge >= 0.3 is 0 Å². The SMILES string of the molecule is C[C@@H]1CCCCN1C(=O)c1nnc2n1CCN(C)C21CCN(Cc2ccccc2)CC1. The Morgan fingerprint density at radius 2 is 1.81 bits per heavy atom. The van der Waals surface area contributed by atoms with Crippen LogP contribution in [0.25, 0.3) is 0 Å². The molecule has 3 aliphatic heterocycles. The first-order chi connectivity index (χ1) is 15.1. The Kier molecular flexibility index (Phi) is 5.56. The summed E-state index contributed by atoms with van der Waals surface area (Å²) < 4.78 is 2.14. The lowest BCUT2D eigenvalue weighted by atomic mass is 9.83. The Labute approximate surface area is 185 Å². The second-order valence-electron chi connectivity index (χ2n) is 9.56. The number of piperidine rings is 2. The van der Waals surface area contributed by atoms with Crippen LogP contribution in [0.2, 0.25) is 0 Å². The van der Waals surface area contributed by atoms with E-state index >= 15 is 0 Å². The van der Waals surface area contributed by atoms with E-state index in [1.54, 1.807) is 0 Å². The third-order valence-electron chi connectivity index (χ3n) is 7.74. The van der Waals surface area contributed by atoms with Gasteiger partial charge in [0.15, 0.2) is 5.82 Å². The minimum absolute atomic E-state index is 0.0622. The third-order valence-corrected chi connectivity index (χ3v) is 7.74. The van der Waals surface area contributed by atoms with Crippen molar-refractivity contribution < 1.29 is 4.79 Å². The maximum atomic E-state index is 13.3. The fourth-order valence-corrected chi connectivity index (χ4v) is 5.71. The maximum absolute atomic E-state index is 13.3. The summed E-state index contributed by atoms with van der Waals surface area (Å²) in [5.41, 5.74) is 1.24. The highest BCUT2D eigenvalue weighted by Crippen LogP contribution is 2.40. The molecule has 31 heavy (non-hydrogen) atoms. The minimum Gasteiger partial charge on any atom is -0.333 e. The summed E-state index contributed by atoms with van der Waals surface area (Å²) in [6, 6.07) is 11.0. The smallest absolute Gasteiger partial charge is 0.292 e. The molecule has 2 saturated heterocycles. The zero-order valence-electron chi connectivity index (χ0n) is 18.8. The molecule has 2 aromatic rings. The van der Waals surface area contributed by atoms with Gasteiger partial charge in [-0.15, -0.1) is 10.2 Å². The van der Waals surface area contributed by atoms with Gasteiger partial charge in [0.25, 0.3) is 5.91 Å². The molecule has 1 aromatic carbocycles. The summed E-state index contributed by atoms with van der Waals surface area (Å²) >= 11 is 0. The van der Waals surface area contributed by atoms with Crippen molar-refractivity contribution in [1.29, 1.82) is 0 Å². The van der Waals surface area contributed by atoms with Crippen LogP contribution in [0.1, 0.15) is 61.0 Å². The number of aromatic nitrogens is 3. The standard InChI is InChI=1S/C24H34N6O/c1-19-8-6-7-13-29(19)22(31)21-25-26-23-24(27(2)16-17-30(21)23)11-14-28(15-12-24)18-20-9-4-3-5-10-20/h3-5,9-10,19H,6-8,11-18H2,1-2H3/t19-/m1/s1. The molecule has 7 nitrogen and oxygen atoms in total. The second-order valence-corrected chi connectivity index (χ2v) is 9.56. The molecule has 0 N–H and O–H groups in total. The van der Waals surface area contributed by atoms with Crippen LogP contribution < -0.4 is 0 Å². The molecule has 3 aliphatic rings. The van der Waals surface area contributed by atoms with Crippen LogP contribution in [0.3, 0.4) is 0 Å². The van der Waals surface area contributed by atoms with E-state index in [-0.39, 0.29) is 17.5 Å². The van der Waals surface area contributed by atoms with Gasteiger partial charge in [0.05, 0.1) is 5.54 Å². The highest BCUT2D eigenvalue weighted by atomic mass is 16.2. The van der Waals surface area contributed by atoms with Crippen molar-refractivity contribution in [3.05, 3.63) is 47.5 Å². The summed E-state index contributed by atoms with van der Waals surface area (Å²) in [6.45, 7) is 7.75. The molecular weight excluding hydrogens is 388 g/mol. The van der Waals surface area contributed by atoms with Gasteiger partial charge < -0.3 is 9.47 Å². The molecule has 4 heterocycles. The van der Waals surface area contributed by atoms with Gasteiger partial charge in [-0.05, 0) is 51.6 Å². The summed E-state index contributed by atoms with van der Waals surface area (Å²) in [4.78, 5) is 20.3. The number of hydrogen-bond acceptors (Lipinski definition) is 5. The van der Waals surface area contributed by atoms with Crippen molar-refractivity contribution in [1.82, 2.24) is 29.5 Å². The molecule has 5 rings (SSSR count). The molecule has 0 bridgehead atoms. The number of hydrogen-bond donors (Lipinski definition) is 0. The van der Waals surface area contributed by atoms with Crippen LogP contribution in [0.5, 0.6) is 0 Å². The van der Waals surface area contributed by atoms with Crippen molar-refractivity contribution in [3.8, 4) is 0 Å². The van der Waals surface area contributed by atoms with Crippen molar-refractivity contribution >= 4 is 5.91 Å². The fraction of sp³-hybridized carbons (Fsp3) is 0.625. The fourth-order valence-electron chi connectivity index (χ4n) is 5.71. The minimum atomic E-state index is -0.121. The monoisotopic (exact) mass is 422 g/mol. The van der Waals surface area contributed by atoms with Gasteiger partial charge in [-0.25, -0.2) is 0 Å². The average Bonchev–Trinajstić information content (AvgIpc) is 3.23. The van der Waals surface area contributed by atoms with E-state index < -0.39 is 0 Å². The lowest BCUT2D eigenvalue weighted by Crippen LogP contribution is -2.56. The lowest BCUT2D eigenvalue weighted by molar-refractivity contribution is 0.00579. The zero-order chi connectivity index (χ0) is 21.4. The highest BCUT2D eigenvalue weighted by molar-refractivity contribution is 5.91. The van der Waals surface area contributed by atoms with E-state index in [9.17, 15) is 4.79 Å². The number of fused-ring (bicyclic) bond motifs is 2. The van der Waals surface area contributed by atoms with Crippen LogP contribution in [0.4, 0.5) is 0 Å². The van der Waals surface area contributed by atoms with Crippen molar-refractivity contribution in [2.24, 2.45) is 0 Å². The average molecular weight is 423 g/mol. The first kappa shape index (κ1) is 20.6. The van der Waals surface area contributed by atoms with E-state index in [4.69, 9.17) is 0 Å². The number of nitrogens with zero attached hydrogens (tertiary/aromatic N) is 6. The normalized spacial score (nSPS) is 24.3. The number of rotatable bonds is 3. The van der Waals surface area contributed by atoms with Crippen LogP contribution in [-0.2, 0) is 18.6 Å². The van der Waals surface area contributed by atoms with Crippen LogP contribution >= 0.6 is 0 Å². The van der Waals surface area contributed by atoms with Gasteiger partial charge in [-0.3, -0.25) is 14.6 Å². The van der Waals surface area contributed by atoms with Gasteiger partial charge in [0.1, 0.15) is 0 Å². The van der Waals surface area contributed by atoms with Crippen LogP contribution in [-0.4, -0.2) is 74.6 Å². The summed E-state index contributed by atoms with van der Waals surface area (Å²) in [5, 5.41) is 9.10. The maximum Gasteiger partial charge on any atom is 0.292 e. The second kappa shape index (κ2) is 8.36. The van der Waals surface area contributed by atoms with E-state index in [0.29, 0.717) is 5.82 Å². The van der Waals surface area contributed by atoms with E-state index in [1.165, 1.54) is 12.0 Å². The third kappa shape index (κ3) is 3.68. The van der Waals surface area contributed by atoms with E-state index in [1.807, 2.05) is 4.90 Å². The summed E-state index contributed by atoms with van der Waals surface area (Å²) in [7, 11) is 2.21. The Morgan fingerprint density at radius 3 is 2.55 bits per heavy atom. The quantitative estimate of drug-likeness (QED) is 0.761. The van der Waals surface area contributed by atoms with E-state index in [0.717, 1.165) is 70.8 Å². The molecule has 0 saturated carbocycles. The molecule has 7 heteroatoms. The predicted molar refractivity (Wildman–Crippen MR) is 120 cm³/mol. The number of carbonyl (C=O) groups is 1. The number of benzene rings is 1.